The van der Waals surface area contributed by atoms with E-state index in [0.717, 1.165) is 12.8 Å². The lowest BCUT2D eigenvalue weighted by atomic mass is 9.90. The van der Waals surface area contributed by atoms with Crippen molar-refractivity contribution in [2.75, 3.05) is 11.1 Å². The molecule has 0 amide bonds. The van der Waals surface area contributed by atoms with Crippen molar-refractivity contribution in [2.24, 2.45) is 5.92 Å². The summed E-state index contributed by atoms with van der Waals surface area (Å²) in [6.07, 6.45) is 7.30. The second-order valence-electron chi connectivity index (χ2n) is 9.03. The number of nitrogens with zero attached hydrogens (tertiary/aromatic N) is 4. The fourth-order valence-electron chi connectivity index (χ4n) is 4.65. The maximum Gasteiger partial charge on any atom is 0.267 e. The highest BCUT2D eigenvalue weighted by atomic mass is 35.5. The second kappa shape index (κ2) is 10.4. The van der Waals surface area contributed by atoms with Gasteiger partial charge >= 0.3 is 0 Å². The number of benzene rings is 2. The van der Waals surface area contributed by atoms with Crippen LogP contribution in [0.4, 0.5) is 11.6 Å². The second-order valence-corrected chi connectivity index (χ2v) is 9.44. The number of para-hydroxylation sites is 1. The average molecular weight is 499 g/mol. The lowest BCUT2D eigenvalue weighted by Gasteiger charge is -2.21. The highest BCUT2D eigenvalue weighted by molar-refractivity contribution is 6.35. The van der Waals surface area contributed by atoms with Gasteiger partial charge in [-0.15, -0.1) is 0 Å². The molecule has 0 radical (unpaired) electrons. The Morgan fingerprint density at radius 1 is 1.08 bits per heavy atom. The van der Waals surface area contributed by atoms with Crippen molar-refractivity contribution >= 4 is 34.1 Å². The van der Waals surface area contributed by atoms with Gasteiger partial charge in [0.2, 0.25) is 0 Å². The van der Waals surface area contributed by atoms with E-state index < -0.39 is 6.04 Å². The molecule has 1 unspecified atom stereocenters. The highest BCUT2D eigenvalue weighted by Crippen LogP contribution is 2.27. The number of nitrogens with one attached hydrogen (secondary N) is 1. The summed E-state index contributed by atoms with van der Waals surface area (Å²) < 4.78 is 1.59. The van der Waals surface area contributed by atoms with E-state index >= 15 is 0 Å². The molecule has 8 heteroatoms. The number of nitrogens with two attached hydrogens (primary N) is 1. The molecule has 4 aromatic rings. The molecule has 182 valence electrons. The first-order chi connectivity index (χ1) is 17.5. The Kier molecular flexibility index (Phi) is 6.88. The number of aromatic nitrogens is 4. The number of anilines is 2. The molecule has 0 bridgehead atoms. The van der Waals surface area contributed by atoms with Gasteiger partial charge in [-0.2, -0.15) is 0 Å². The van der Waals surface area contributed by atoms with Gasteiger partial charge in [0.15, 0.2) is 0 Å². The Labute approximate surface area is 214 Å². The zero-order valence-electron chi connectivity index (χ0n) is 20.0. The van der Waals surface area contributed by atoms with Gasteiger partial charge in [-0.1, -0.05) is 67.0 Å². The van der Waals surface area contributed by atoms with Gasteiger partial charge in [0.25, 0.3) is 5.56 Å². The first-order valence-corrected chi connectivity index (χ1v) is 12.6. The third-order valence-electron chi connectivity index (χ3n) is 6.51. The minimum atomic E-state index is -0.411. The molecule has 0 aliphatic heterocycles. The molecule has 0 spiro atoms. The van der Waals surface area contributed by atoms with Crippen LogP contribution in [0.25, 0.3) is 16.6 Å². The Balaban J connectivity index is 1.58. The van der Waals surface area contributed by atoms with E-state index in [-0.39, 0.29) is 5.56 Å². The van der Waals surface area contributed by atoms with E-state index in [9.17, 15) is 4.79 Å². The largest absolute Gasteiger partial charge is 0.382 e. The highest BCUT2D eigenvalue weighted by Gasteiger charge is 2.21. The van der Waals surface area contributed by atoms with Crippen LogP contribution >= 0.6 is 11.6 Å². The first kappa shape index (κ1) is 23.8. The number of nitrogen functional groups attached to an aromatic ring is 1. The van der Waals surface area contributed by atoms with Crippen molar-refractivity contribution in [1.82, 2.24) is 19.5 Å². The average Bonchev–Trinajstić information content (AvgIpc) is 2.89. The van der Waals surface area contributed by atoms with Gasteiger partial charge in [0, 0.05) is 5.92 Å². The molecule has 2 aromatic heterocycles. The number of fused-ring (bicyclic) bond motifs is 1. The van der Waals surface area contributed by atoms with Crippen molar-refractivity contribution in [2.45, 2.75) is 45.1 Å². The van der Waals surface area contributed by atoms with Crippen LogP contribution in [-0.2, 0) is 0 Å². The molecule has 1 fully saturated rings. The first-order valence-electron chi connectivity index (χ1n) is 12.2. The topological polar surface area (TPSA) is 98.7 Å². The zero-order chi connectivity index (χ0) is 25.1. The molecule has 36 heavy (non-hydrogen) atoms. The summed E-state index contributed by atoms with van der Waals surface area (Å²) in [5.74, 6) is 8.32. The Morgan fingerprint density at radius 3 is 2.64 bits per heavy atom. The lowest BCUT2D eigenvalue weighted by Crippen LogP contribution is -2.27. The fourth-order valence-corrected chi connectivity index (χ4v) is 4.90. The van der Waals surface area contributed by atoms with Crippen molar-refractivity contribution in [3.05, 3.63) is 81.6 Å². The maximum absolute atomic E-state index is 13.7. The Morgan fingerprint density at radius 2 is 1.86 bits per heavy atom. The fraction of sp³-hybridized carbons (Fsp3) is 0.286. The quantitative estimate of drug-likeness (QED) is 0.360. The van der Waals surface area contributed by atoms with Gasteiger partial charge in [-0.3, -0.25) is 9.36 Å². The third kappa shape index (κ3) is 4.77. The minimum absolute atomic E-state index is 0.236. The normalized spacial score (nSPS) is 14.7. The molecule has 7 nitrogen and oxygen atoms in total. The van der Waals surface area contributed by atoms with Gasteiger partial charge in [-0.05, 0) is 44.0 Å². The maximum atomic E-state index is 13.7. The predicted molar refractivity (Wildman–Crippen MR) is 144 cm³/mol. The summed E-state index contributed by atoms with van der Waals surface area (Å²) in [5.41, 5.74) is 7.76. The van der Waals surface area contributed by atoms with Crippen LogP contribution in [0, 0.1) is 17.8 Å². The molecular weight excluding hydrogens is 472 g/mol. The summed E-state index contributed by atoms with van der Waals surface area (Å²) in [5, 5.41) is 4.13. The van der Waals surface area contributed by atoms with Crippen LogP contribution in [0.1, 0.15) is 56.5 Å². The van der Waals surface area contributed by atoms with E-state index in [0.29, 0.717) is 50.6 Å². The molecule has 1 atom stereocenters. The van der Waals surface area contributed by atoms with Crippen LogP contribution < -0.4 is 16.6 Å². The molecule has 5 rings (SSSR count). The molecule has 2 heterocycles. The Hall–Kier alpha value is -3.89. The van der Waals surface area contributed by atoms with E-state index in [1.54, 1.807) is 22.8 Å². The molecule has 1 aliphatic rings. The van der Waals surface area contributed by atoms with Crippen LogP contribution in [0.15, 0.2) is 59.7 Å². The number of hydrogen-bond acceptors (Lipinski definition) is 6. The van der Waals surface area contributed by atoms with E-state index in [1.807, 2.05) is 37.3 Å². The molecule has 1 aliphatic carbocycles. The molecule has 2 aromatic carbocycles. The summed E-state index contributed by atoms with van der Waals surface area (Å²) in [6.45, 7) is 1.92. The Bertz CT molecular complexity index is 1520. The van der Waals surface area contributed by atoms with Crippen LogP contribution in [-0.4, -0.2) is 19.5 Å². The van der Waals surface area contributed by atoms with Gasteiger partial charge in [-0.25, -0.2) is 15.0 Å². The minimum Gasteiger partial charge on any atom is -0.382 e. The molecular formula is C28H27ClN6O. The monoisotopic (exact) mass is 498 g/mol. The molecule has 1 saturated carbocycles. The smallest absolute Gasteiger partial charge is 0.267 e. The third-order valence-corrected chi connectivity index (χ3v) is 6.83. The summed E-state index contributed by atoms with van der Waals surface area (Å²) >= 11 is 6.41. The van der Waals surface area contributed by atoms with E-state index in [2.05, 4.69) is 27.1 Å². The molecule has 0 saturated heterocycles. The van der Waals surface area contributed by atoms with Crippen LogP contribution in [0.5, 0.6) is 0 Å². The lowest BCUT2D eigenvalue weighted by molar-refractivity contribution is 0.430. The number of halogens is 1. The van der Waals surface area contributed by atoms with Crippen LogP contribution in [0.2, 0.25) is 5.02 Å². The van der Waals surface area contributed by atoms with Crippen molar-refractivity contribution in [3.8, 4) is 17.5 Å². The molecule has 3 N–H and O–H groups in total. The predicted octanol–water partition coefficient (Wildman–Crippen LogP) is 5.52. The van der Waals surface area contributed by atoms with Gasteiger partial charge in [0.05, 0.1) is 27.7 Å². The number of rotatable bonds is 4. The van der Waals surface area contributed by atoms with Gasteiger partial charge < -0.3 is 11.1 Å². The van der Waals surface area contributed by atoms with Gasteiger partial charge in [0.1, 0.15) is 29.4 Å². The summed E-state index contributed by atoms with van der Waals surface area (Å²) in [4.78, 5) is 27.1. The zero-order valence-corrected chi connectivity index (χ0v) is 20.8. The summed E-state index contributed by atoms with van der Waals surface area (Å²) in [6, 6.07) is 14.3. The van der Waals surface area contributed by atoms with Crippen LogP contribution in [0.3, 0.4) is 0 Å². The van der Waals surface area contributed by atoms with Crippen molar-refractivity contribution < 1.29 is 0 Å². The SMILES string of the molecule is CC(Nc1ncnc(N)c1C#CC1CCCCC1)c1nc2cccc(Cl)c2c(=O)n1-c1ccccc1. The van der Waals surface area contributed by atoms with E-state index in [4.69, 9.17) is 22.3 Å². The number of hydrogen-bond donors (Lipinski definition) is 2. The van der Waals surface area contributed by atoms with Crippen molar-refractivity contribution in [1.29, 1.82) is 0 Å². The standard InChI is InChI=1S/C28H27ClN6O/c1-18(33-26-21(25(30)31-17-32-26)16-15-19-9-4-2-5-10-19)27-34-23-14-8-13-22(29)24(23)28(36)35(27)20-11-6-3-7-12-20/h3,6-8,11-14,17-19H,2,4-5,9-10H2,1H3,(H3,30,31,32,33). The van der Waals surface area contributed by atoms with Crippen molar-refractivity contribution in [3.63, 3.8) is 0 Å². The van der Waals surface area contributed by atoms with E-state index in [1.165, 1.54) is 25.6 Å². The summed E-state index contributed by atoms with van der Waals surface area (Å²) in [7, 11) is 0.